The van der Waals surface area contributed by atoms with E-state index in [1.165, 1.54) is 5.00 Å². The van der Waals surface area contributed by atoms with Gasteiger partial charge in [-0.15, -0.1) is 35.3 Å². The highest BCUT2D eigenvalue weighted by Crippen LogP contribution is 2.24. The van der Waals surface area contributed by atoms with Crippen LogP contribution >= 0.6 is 35.3 Å². The number of anilines is 1. The molecular weight excluding hydrogens is 489 g/mol. The Bertz CT molecular complexity index is 612. The summed E-state index contributed by atoms with van der Waals surface area (Å²) >= 11 is 1.79. The van der Waals surface area contributed by atoms with Crippen molar-refractivity contribution in [3.05, 3.63) is 17.5 Å². The van der Waals surface area contributed by atoms with Crippen molar-refractivity contribution in [2.24, 2.45) is 4.99 Å². The maximum atomic E-state index is 11.9. The smallest absolute Gasteiger partial charge is 0.243 e. The molecule has 2 aliphatic heterocycles. The second-order valence-electron chi connectivity index (χ2n) is 7.33. The molecule has 3 heterocycles. The number of carbonyl (C=O) groups is 1. The van der Waals surface area contributed by atoms with E-state index in [0.717, 1.165) is 57.9 Å². The van der Waals surface area contributed by atoms with E-state index >= 15 is 0 Å². The number of guanidine groups is 1. The summed E-state index contributed by atoms with van der Waals surface area (Å²) in [6, 6.07) is 4.65. The van der Waals surface area contributed by atoms with Crippen molar-refractivity contribution in [1.29, 1.82) is 0 Å². The highest BCUT2D eigenvalue weighted by atomic mass is 127. The van der Waals surface area contributed by atoms with Gasteiger partial charge in [-0.05, 0) is 43.2 Å². The third-order valence-electron chi connectivity index (χ3n) is 5.05. The van der Waals surface area contributed by atoms with E-state index in [4.69, 9.17) is 4.74 Å². The Morgan fingerprint density at radius 3 is 2.75 bits per heavy atom. The molecule has 1 amide bonds. The van der Waals surface area contributed by atoms with Crippen LogP contribution in [0.5, 0.6) is 0 Å². The molecule has 0 radical (unpaired) electrons. The number of hydrogen-bond acceptors (Lipinski definition) is 5. The summed E-state index contributed by atoms with van der Waals surface area (Å²) in [6.07, 6.45) is 4.55. The maximum absolute atomic E-state index is 11.9. The maximum Gasteiger partial charge on any atom is 0.243 e. The van der Waals surface area contributed by atoms with Gasteiger partial charge in [0.1, 0.15) is 6.54 Å². The van der Waals surface area contributed by atoms with E-state index in [1.54, 1.807) is 30.3 Å². The first-order valence-corrected chi connectivity index (χ1v) is 10.6. The molecule has 28 heavy (non-hydrogen) atoms. The first-order chi connectivity index (χ1) is 13.1. The molecule has 2 saturated heterocycles. The zero-order valence-electron chi connectivity index (χ0n) is 16.7. The molecule has 9 heteroatoms. The minimum atomic E-state index is 0. The predicted octanol–water partition coefficient (Wildman–Crippen LogP) is 2.14. The number of rotatable bonds is 6. The average molecular weight is 521 g/mol. The molecule has 0 bridgehead atoms. The van der Waals surface area contributed by atoms with Crippen molar-refractivity contribution < 1.29 is 9.53 Å². The van der Waals surface area contributed by atoms with Gasteiger partial charge in [-0.1, -0.05) is 0 Å². The summed E-state index contributed by atoms with van der Waals surface area (Å²) in [4.78, 5) is 20.4. The van der Waals surface area contributed by atoms with Gasteiger partial charge in [0, 0.05) is 46.4 Å². The Balaban J connectivity index is 0.00000280. The van der Waals surface area contributed by atoms with Crippen molar-refractivity contribution in [3.8, 4) is 0 Å². The SMILES string of the molecule is CN(C)C(=O)CN=C(NCC1CCCO1)NC1CCN(c2cccs2)CC1.I. The molecule has 1 aromatic heterocycles. The molecule has 1 unspecified atom stereocenters. The van der Waals surface area contributed by atoms with Gasteiger partial charge in [-0.2, -0.15) is 0 Å². The summed E-state index contributed by atoms with van der Waals surface area (Å²) in [6.45, 7) is 3.80. The monoisotopic (exact) mass is 521 g/mol. The number of ether oxygens (including phenoxy) is 1. The summed E-state index contributed by atoms with van der Waals surface area (Å²) in [5.41, 5.74) is 0. The lowest BCUT2D eigenvalue weighted by Gasteiger charge is -2.33. The van der Waals surface area contributed by atoms with Gasteiger partial charge in [0.05, 0.1) is 11.1 Å². The van der Waals surface area contributed by atoms with Gasteiger partial charge in [0.25, 0.3) is 0 Å². The topological polar surface area (TPSA) is 69.2 Å². The second kappa shape index (κ2) is 11.8. The zero-order chi connectivity index (χ0) is 19.1. The Morgan fingerprint density at radius 2 is 2.14 bits per heavy atom. The molecule has 2 N–H and O–H groups in total. The fraction of sp³-hybridized carbons (Fsp3) is 0.684. The molecule has 1 atom stereocenters. The number of piperidine rings is 1. The summed E-state index contributed by atoms with van der Waals surface area (Å²) in [5.74, 6) is 0.719. The van der Waals surface area contributed by atoms with Gasteiger partial charge in [-0.25, -0.2) is 4.99 Å². The van der Waals surface area contributed by atoms with Crippen LogP contribution in [0, 0.1) is 0 Å². The number of hydrogen-bond donors (Lipinski definition) is 2. The van der Waals surface area contributed by atoms with E-state index in [9.17, 15) is 4.79 Å². The van der Waals surface area contributed by atoms with E-state index < -0.39 is 0 Å². The third-order valence-corrected chi connectivity index (χ3v) is 5.98. The molecule has 7 nitrogen and oxygen atoms in total. The molecule has 0 spiro atoms. The lowest BCUT2D eigenvalue weighted by Crippen LogP contribution is -2.50. The number of halogens is 1. The number of thiophene rings is 1. The van der Waals surface area contributed by atoms with Crippen LogP contribution in [0.4, 0.5) is 5.00 Å². The third kappa shape index (κ3) is 7.07. The van der Waals surface area contributed by atoms with Crippen molar-refractivity contribution in [2.75, 3.05) is 51.8 Å². The van der Waals surface area contributed by atoms with E-state index in [-0.39, 0.29) is 42.5 Å². The number of aliphatic imine (C=N–C) groups is 1. The number of carbonyl (C=O) groups excluding carboxylic acids is 1. The molecule has 0 aromatic carbocycles. The molecule has 2 fully saturated rings. The predicted molar refractivity (Wildman–Crippen MR) is 126 cm³/mol. The Labute approximate surface area is 188 Å². The standard InChI is InChI=1S/C19H31N5O2S.HI/c1-23(2)17(25)14-21-19(20-13-16-5-3-11-26-16)22-15-7-9-24(10-8-15)18-6-4-12-27-18;/h4,6,12,15-16H,3,5,7-11,13-14H2,1-2H3,(H2,20,21,22);1H. The van der Waals surface area contributed by atoms with Crippen LogP contribution in [-0.2, 0) is 9.53 Å². The largest absolute Gasteiger partial charge is 0.376 e. The van der Waals surface area contributed by atoms with Crippen molar-refractivity contribution in [3.63, 3.8) is 0 Å². The average Bonchev–Trinajstić information content (AvgIpc) is 3.38. The number of likely N-dealkylation sites (N-methyl/N-ethyl adjacent to an activating group) is 1. The fourth-order valence-corrected chi connectivity index (χ4v) is 4.13. The fourth-order valence-electron chi connectivity index (χ4n) is 3.34. The van der Waals surface area contributed by atoms with Gasteiger partial charge >= 0.3 is 0 Å². The molecule has 158 valence electrons. The lowest BCUT2D eigenvalue weighted by atomic mass is 10.1. The summed E-state index contributed by atoms with van der Waals surface area (Å²) < 4.78 is 5.69. The van der Waals surface area contributed by atoms with Gasteiger partial charge in [0.2, 0.25) is 5.91 Å². The van der Waals surface area contributed by atoms with E-state index in [2.05, 4.69) is 38.0 Å². The Morgan fingerprint density at radius 1 is 1.36 bits per heavy atom. The van der Waals surface area contributed by atoms with Crippen LogP contribution in [0.3, 0.4) is 0 Å². The van der Waals surface area contributed by atoms with Gasteiger partial charge in [0.15, 0.2) is 5.96 Å². The highest BCUT2D eigenvalue weighted by molar-refractivity contribution is 14.0. The van der Waals surface area contributed by atoms with E-state index in [1.807, 2.05) is 0 Å². The first-order valence-electron chi connectivity index (χ1n) is 9.77. The summed E-state index contributed by atoms with van der Waals surface area (Å²) in [7, 11) is 3.51. The number of amides is 1. The Kier molecular flexibility index (Phi) is 9.80. The van der Waals surface area contributed by atoms with Crippen molar-refractivity contribution >= 4 is 52.2 Å². The van der Waals surface area contributed by atoms with Crippen LogP contribution in [0.2, 0.25) is 0 Å². The van der Waals surface area contributed by atoms with Crippen molar-refractivity contribution in [2.45, 2.75) is 37.8 Å². The summed E-state index contributed by atoms with van der Waals surface area (Å²) in [5, 5.41) is 10.4. The zero-order valence-corrected chi connectivity index (χ0v) is 19.9. The number of nitrogens with one attached hydrogen (secondary N) is 2. The lowest BCUT2D eigenvalue weighted by molar-refractivity contribution is -0.127. The first kappa shape index (κ1) is 23.2. The minimum Gasteiger partial charge on any atom is -0.376 e. The van der Waals surface area contributed by atoms with E-state index in [0.29, 0.717) is 6.04 Å². The molecule has 1 aromatic rings. The van der Waals surface area contributed by atoms with Crippen LogP contribution in [0.1, 0.15) is 25.7 Å². The minimum absolute atomic E-state index is 0. The van der Waals surface area contributed by atoms with Gasteiger partial charge < -0.3 is 25.2 Å². The Hall–Kier alpha value is -1.07. The van der Waals surface area contributed by atoms with Crippen LogP contribution in [-0.4, -0.2) is 75.8 Å². The van der Waals surface area contributed by atoms with Crippen LogP contribution in [0.15, 0.2) is 22.5 Å². The molecule has 0 aliphatic carbocycles. The van der Waals surface area contributed by atoms with Crippen molar-refractivity contribution in [1.82, 2.24) is 15.5 Å². The van der Waals surface area contributed by atoms with Crippen LogP contribution in [0.25, 0.3) is 0 Å². The molecule has 0 saturated carbocycles. The molecule has 2 aliphatic rings. The number of nitrogens with zero attached hydrogens (tertiary/aromatic N) is 3. The molecule has 3 rings (SSSR count). The van der Waals surface area contributed by atoms with Gasteiger partial charge in [-0.3, -0.25) is 4.79 Å². The molecular formula is C19H32IN5O2S. The highest BCUT2D eigenvalue weighted by Gasteiger charge is 2.22. The van der Waals surface area contributed by atoms with Crippen LogP contribution < -0.4 is 15.5 Å². The second-order valence-corrected chi connectivity index (χ2v) is 8.25. The quantitative estimate of drug-likeness (QED) is 0.341. The normalized spacial score (nSPS) is 20.6.